The van der Waals surface area contributed by atoms with Crippen LogP contribution in [0.2, 0.25) is 0 Å². The van der Waals surface area contributed by atoms with Crippen molar-refractivity contribution < 1.29 is 57.4 Å². The average molecular weight is 421 g/mol. The number of alkyl halides is 12. The molecule has 1 aliphatic rings. The SMILES string of the molecule is Cc1ccc2c(c1)C(C(F)(F)F)(C(F)(F)F)OC(C(F)(F)F)(C(F)(F)F)N2. The van der Waals surface area contributed by atoms with E-state index in [0.717, 1.165) is 13.0 Å². The van der Waals surface area contributed by atoms with Crippen LogP contribution in [0.4, 0.5) is 58.4 Å². The maximum atomic E-state index is 13.4. The largest absolute Gasteiger partial charge is 0.446 e. The van der Waals surface area contributed by atoms with Crippen molar-refractivity contribution in [3.63, 3.8) is 0 Å². The van der Waals surface area contributed by atoms with E-state index >= 15 is 0 Å². The van der Waals surface area contributed by atoms with Gasteiger partial charge < -0.3 is 10.1 Å². The molecule has 2 nitrogen and oxygen atoms in total. The molecular formula is C13H7F12NO. The number of anilines is 1. The highest BCUT2D eigenvalue weighted by atomic mass is 19.4. The highest BCUT2D eigenvalue weighted by Crippen LogP contribution is 2.63. The smallest absolute Gasteiger partial charge is 0.342 e. The lowest BCUT2D eigenvalue weighted by Crippen LogP contribution is -2.73. The maximum Gasteiger partial charge on any atom is 0.446 e. The normalized spacial score (nSPS) is 20.0. The Morgan fingerprint density at radius 2 is 1.19 bits per heavy atom. The highest BCUT2D eigenvalue weighted by Gasteiger charge is 2.85. The molecule has 0 spiro atoms. The van der Waals surface area contributed by atoms with Crippen molar-refractivity contribution >= 4 is 5.69 Å². The van der Waals surface area contributed by atoms with Crippen LogP contribution in [0.15, 0.2) is 18.2 Å². The zero-order chi connectivity index (χ0) is 21.3. The molecule has 0 bridgehead atoms. The molecule has 0 aliphatic carbocycles. The lowest BCUT2D eigenvalue weighted by Gasteiger charge is -2.50. The molecule has 0 amide bonds. The Morgan fingerprint density at radius 1 is 0.741 bits per heavy atom. The Hall–Kier alpha value is -1.86. The van der Waals surface area contributed by atoms with Crippen molar-refractivity contribution in [2.24, 2.45) is 0 Å². The van der Waals surface area contributed by atoms with Gasteiger partial charge in [-0.1, -0.05) is 17.7 Å². The summed E-state index contributed by atoms with van der Waals surface area (Å²) in [7, 11) is 0. The number of hydrogen-bond acceptors (Lipinski definition) is 2. The van der Waals surface area contributed by atoms with Crippen molar-refractivity contribution in [3.8, 4) is 0 Å². The number of ether oxygens (including phenoxy) is 1. The van der Waals surface area contributed by atoms with Crippen LogP contribution < -0.4 is 5.32 Å². The second-order valence-electron chi connectivity index (χ2n) is 5.63. The lowest BCUT2D eigenvalue weighted by atomic mass is 9.86. The van der Waals surface area contributed by atoms with Crippen molar-refractivity contribution in [3.05, 3.63) is 29.3 Å². The molecule has 27 heavy (non-hydrogen) atoms. The summed E-state index contributed by atoms with van der Waals surface area (Å²) in [6.07, 6.45) is -26.9. The molecular weight excluding hydrogens is 414 g/mol. The van der Waals surface area contributed by atoms with Crippen LogP contribution in [-0.4, -0.2) is 30.4 Å². The van der Waals surface area contributed by atoms with Crippen LogP contribution in [0.3, 0.4) is 0 Å². The van der Waals surface area contributed by atoms with Gasteiger partial charge in [-0.3, -0.25) is 0 Å². The summed E-state index contributed by atoms with van der Waals surface area (Å²) in [6, 6.07) is 1.15. The van der Waals surface area contributed by atoms with Gasteiger partial charge in [-0.25, -0.2) is 0 Å². The standard InChI is InChI=1S/C13H7F12NO/c1-5-2-3-7-6(4-5)8(10(14,15)16,11(17,18)19)27-9(26-7,12(20,21)22)13(23,24)25/h2-4,26H,1H3. The molecule has 1 aromatic carbocycles. The van der Waals surface area contributed by atoms with E-state index in [0.29, 0.717) is 5.32 Å². The molecule has 0 aromatic heterocycles. The molecule has 0 saturated heterocycles. The first-order valence-electron chi connectivity index (χ1n) is 6.66. The van der Waals surface area contributed by atoms with Crippen LogP contribution in [0.1, 0.15) is 11.1 Å². The minimum atomic E-state index is -6.73. The van der Waals surface area contributed by atoms with E-state index in [1.165, 1.54) is 0 Å². The molecule has 0 saturated carbocycles. The zero-order valence-corrected chi connectivity index (χ0v) is 12.7. The fourth-order valence-corrected chi connectivity index (χ4v) is 2.56. The first kappa shape index (κ1) is 21.4. The van der Waals surface area contributed by atoms with E-state index in [-0.39, 0.29) is 17.7 Å². The Bertz CT molecular complexity index is 699. The number of rotatable bonds is 0. The third-order valence-electron chi connectivity index (χ3n) is 3.77. The van der Waals surface area contributed by atoms with E-state index < -0.39 is 47.3 Å². The summed E-state index contributed by atoms with van der Waals surface area (Å²) < 4.78 is 162. The van der Waals surface area contributed by atoms with Crippen molar-refractivity contribution in [1.82, 2.24) is 0 Å². The second-order valence-corrected chi connectivity index (χ2v) is 5.63. The quantitative estimate of drug-likeness (QED) is 0.553. The number of fused-ring (bicyclic) bond motifs is 1. The van der Waals surface area contributed by atoms with Crippen molar-refractivity contribution in [1.29, 1.82) is 0 Å². The van der Waals surface area contributed by atoms with E-state index in [4.69, 9.17) is 0 Å². The molecule has 14 heteroatoms. The number of benzene rings is 1. The second kappa shape index (κ2) is 5.58. The van der Waals surface area contributed by atoms with E-state index in [1.54, 1.807) is 0 Å². The van der Waals surface area contributed by atoms with E-state index in [1.807, 2.05) is 0 Å². The van der Waals surface area contributed by atoms with Gasteiger partial charge >= 0.3 is 30.4 Å². The summed E-state index contributed by atoms with van der Waals surface area (Å²) in [4.78, 5) is 0. The molecule has 0 fully saturated rings. The van der Waals surface area contributed by atoms with Crippen LogP contribution in [0.25, 0.3) is 0 Å². The van der Waals surface area contributed by atoms with E-state index in [9.17, 15) is 52.7 Å². The Kier molecular flexibility index (Phi) is 4.43. The van der Waals surface area contributed by atoms with Crippen LogP contribution in [0, 0.1) is 6.92 Å². The molecule has 154 valence electrons. The monoisotopic (exact) mass is 421 g/mol. The van der Waals surface area contributed by atoms with Gasteiger partial charge in [0.1, 0.15) is 0 Å². The topological polar surface area (TPSA) is 21.3 Å². The zero-order valence-electron chi connectivity index (χ0n) is 12.7. The number of halogens is 12. The predicted molar refractivity (Wildman–Crippen MR) is 64.5 cm³/mol. The number of nitrogens with one attached hydrogen (secondary N) is 1. The van der Waals surface area contributed by atoms with Crippen molar-refractivity contribution in [2.75, 3.05) is 5.32 Å². The maximum absolute atomic E-state index is 13.4. The molecule has 0 atom stereocenters. The van der Waals surface area contributed by atoms with Gasteiger partial charge in [0.25, 0.3) is 5.60 Å². The van der Waals surface area contributed by atoms with Crippen LogP contribution in [-0.2, 0) is 10.3 Å². The summed E-state index contributed by atoms with van der Waals surface area (Å²) in [5, 5.41) is 0.644. The lowest BCUT2D eigenvalue weighted by molar-refractivity contribution is -0.470. The number of hydrogen-bond donors (Lipinski definition) is 1. The van der Waals surface area contributed by atoms with Gasteiger partial charge in [-0.15, -0.1) is 0 Å². The van der Waals surface area contributed by atoms with Gasteiger partial charge in [-0.2, -0.15) is 52.7 Å². The molecule has 1 N–H and O–H groups in total. The predicted octanol–water partition coefficient (Wildman–Crippen LogP) is 5.58. The van der Waals surface area contributed by atoms with Crippen LogP contribution in [0.5, 0.6) is 0 Å². The van der Waals surface area contributed by atoms with Gasteiger partial charge in [0.2, 0.25) is 0 Å². The highest BCUT2D eigenvalue weighted by molar-refractivity contribution is 5.60. The summed E-state index contributed by atoms with van der Waals surface area (Å²) >= 11 is 0. The van der Waals surface area contributed by atoms with Crippen LogP contribution >= 0.6 is 0 Å². The van der Waals surface area contributed by atoms with E-state index in [2.05, 4.69) is 4.74 Å². The summed E-state index contributed by atoms with van der Waals surface area (Å²) in [5.74, 6) is 0. The third-order valence-corrected chi connectivity index (χ3v) is 3.77. The fraction of sp³-hybridized carbons (Fsp3) is 0.538. The summed E-state index contributed by atoms with van der Waals surface area (Å²) in [6.45, 7) is 0.993. The Labute approximate surface area is 142 Å². The Balaban J connectivity index is 3.02. The first-order chi connectivity index (χ1) is 11.8. The average Bonchev–Trinajstić information content (AvgIpc) is 2.40. The minimum Gasteiger partial charge on any atom is -0.342 e. The number of aryl methyl sites for hydroxylation is 1. The van der Waals surface area contributed by atoms with Gasteiger partial charge in [0.05, 0.1) is 0 Å². The minimum absolute atomic E-state index is 0.153. The molecule has 0 radical (unpaired) electrons. The van der Waals surface area contributed by atoms with Gasteiger partial charge in [-0.05, 0) is 13.0 Å². The van der Waals surface area contributed by atoms with Gasteiger partial charge in [0.15, 0.2) is 0 Å². The molecule has 1 heterocycles. The van der Waals surface area contributed by atoms with Gasteiger partial charge in [0, 0.05) is 11.3 Å². The fourth-order valence-electron chi connectivity index (χ4n) is 2.56. The molecule has 1 aliphatic heterocycles. The molecule has 1 aromatic rings. The molecule has 2 rings (SSSR count). The Morgan fingerprint density at radius 3 is 1.56 bits per heavy atom. The first-order valence-corrected chi connectivity index (χ1v) is 6.66. The molecule has 0 unspecified atom stereocenters. The van der Waals surface area contributed by atoms with Crippen molar-refractivity contribution in [2.45, 2.75) is 43.0 Å². The summed E-state index contributed by atoms with van der Waals surface area (Å²) in [5.41, 5.74) is -15.8. The third kappa shape index (κ3) is 2.88.